The van der Waals surface area contributed by atoms with Gasteiger partial charge < -0.3 is 15.7 Å². The van der Waals surface area contributed by atoms with Gasteiger partial charge in [0.1, 0.15) is 6.54 Å². The molecule has 1 aromatic heterocycles. The van der Waals surface area contributed by atoms with Crippen molar-refractivity contribution in [2.75, 3.05) is 11.9 Å². The number of thiazole rings is 1. The lowest BCUT2D eigenvalue weighted by atomic mass is 10.1. The molecule has 0 spiro atoms. The van der Waals surface area contributed by atoms with Crippen molar-refractivity contribution in [1.82, 2.24) is 10.3 Å². The Balaban J connectivity index is 2.13. The summed E-state index contributed by atoms with van der Waals surface area (Å²) in [4.78, 5) is 14.8. The summed E-state index contributed by atoms with van der Waals surface area (Å²) in [5.74, 6) is -0.959. The summed E-state index contributed by atoms with van der Waals surface area (Å²) in [5.41, 5.74) is 3.32. The molecule has 0 amide bonds. The van der Waals surface area contributed by atoms with Gasteiger partial charge in [0.2, 0.25) is 0 Å². The number of nitrogens with zero attached hydrogens (tertiary/aromatic N) is 1. The average molecular weight is 295 g/mol. The number of aromatic nitrogens is 1. The molecule has 7 heteroatoms. The predicted molar refractivity (Wildman–Crippen MR) is 81.0 cm³/mol. The van der Waals surface area contributed by atoms with Crippen LogP contribution < -0.4 is 10.6 Å². The smallest absolute Gasteiger partial charge is 0.322 e. The third-order valence-corrected chi connectivity index (χ3v) is 3.80. The van der Waals surface area contributed by atoms with Crippen molar-refractivity contribution in [3.63, 3.8) is 0 Å². The first-order valence-electron chi connectivity index (χ1n) is 5.60. The van der Waals surface area contributed by atoms with E-state index in [1.165, 1.54) is 22.5 Å². The lowest BCUT2D eigenvalue weighted by molar-refractivity contribution is -0.135. The number of carboxylic acids is 1. The van der Waals surface area contributed by atoms with Gasteiger partial charge in [-0.25, -0.2) is 4.98 Å². The second-order valence-electron chi connectivity index (χ2n) is 4.12. The third kappa shape index (κ3) is 3.39. The van der Waals surface area contributed by atoms with Crippen molar-refractivity contribution >= 4 is 50.0 Å². The molecule has 1 heterocycles. The Bertz CT molecular complexity index is 613. The van der Waals surface area contributed by atoms with Crippen LogP contribution in [-0.2, 0) is 4.79 Å². The van der Waals surface area contributed by atoms with Crippen LogP contribution in [0, 0.1) is 13.8 Å². The Kier molecular flexibility index (Phi) is 3.96. The lowest BCUT2D eigenvalue weighted by Crippen LogP contribution is -2.32. The first kappa shape index (κ1) is 13.7. The molecule has 0 fully saturated rings. The molecule has 0 unspecified atom stereocenters. The predicted octanol–water partition coefficient (Wildman–Crippen LogP) is 2.28. The minimum Gasteiger partial charge on any atom is -0.480 e. The summed E-state index contributed by atoms with van der Waals surface area (Å²) in [7, 11) is 0. The number of rotatable bonds is 3. The maximum absolute atomic E-state index is 10.4. The van der Waals surface area contributed by atoms with Crippen molar-refractivity contribution in [2.45, 2.75) is 13.8 Å². The fraction of sp³-hybridized carbons (Fsp3) is 0.250. The van der Waals surface area contributed by atoms with Crippen molar-refractivity contribution < 1.29 is 9.90 Å². The van der Waals surface area contributed by atoms with Gasteiger partial charge in [0, 0.05) is 0 Å². The van der Waals surface area contributed by atoms with Gasteiger partial charge in [-0.3, -0.25) is 4.79 Å². The molecule has 1 aromatic carbocycles. The van der Waals surface area contributed by atoms with Gasteiger partial charge in [0.05, 0.1) is 10.2 Å². The topological polar surface area (TPSA) is 74.2 Å². The van der Waals surface area contributed by atoms with Gasteiger partial charge in [-0.05, 0) is 49.3 Å². The van der Waals surface area contributed by atoms with Crippen molar-refractivity contribution in [1.29, 1.82) is 0 Å². The van der Waals surface area contributed by atoms with E-state index >= 15 is 0 Å². The molecule has 0 radical (unpaired) electrons. The Morgan fingerprint density at radius 1 is 1.42 bits per heavy atom. The Morgan fingerprint density at radius 3 is 2.79 bits per heavy atom. The minimum absolute atomic E-state index is 0.213. The standard InChI is InChI=1S/C12H13N3O2S2/c1-6-3-8-9(4-7(6)2)19-12(14-8)15-11(18)13-5-10(16)17/h3-4H,5H2,1-2H3,(H,16,17)(H2,13,14,15,18). The highest BCUT2D eigenvalue weighted by Gasteiger charge is 2.07. The van der Waals surface area contributed by atoms with E-state index in [0.29, 0.717) is 5.13 Å². The highest BCUT2D eigenvalue weighted by molar-refractivity contribution is 7.80. The van der Waals surface area contributed by atoms with E-state index in [0.717, 1.165) is 10.2 Å². The molecule has 0 aliphatic rings. The number of anilines is 1. The summed E-state index contributed by atoms with van der Waals surface area (Å²) in [6, 6.07) is 4.11. The van der Waals surface area contributed by atoms with E-state index in [4.69, 9.17) is 17.3 Å². The van der Waals surface area contributed by atoms with Gasteiger partial charge in [0.25, 0.3) is 0 Å². The summed E-state index contributed by atoms with van der Waals surface area (Å²) in [6.45, 7) is 3.88. The molecule has 5 nitrogen and oxygen atoms in total. The number of carboxylic acid groups (broad SMARTS) is 1. The highest BCUT2D eigenvalue weighted by Crippen LogP contribution is 2.28. The van der Waals surface area contributed by atoms with Crippen LogP contribution >= 0.6 is 23.6 Å². The monoisotopic (exact) mass is 295 g/mol. The van der Waals surface area contributed by atoms with Crippen LogP contribution in [-0.4, -0.2) is 27.7 Å². The fourth-order valence-electron chi connectivity index (χ4n) is 1.53. The number of hydrogen-bond acceptors (Lipinski definition) is 4. The molecule has 0 saturated heterocycles. The van der Waals surface area contributed by atoms with Crippen molar-refractivity contribution in [2.24, 2.45) is 0 Å². The van der Waals surface area contributed by atoms with Gasteiger partial charge >= 0.3 is 5.97 Å². The average Bonchev–Trinajstić information content (AvgIpc) is 2.68. The summed E-state index contributed by atoms with van der Waals surface area (Å²) in [5, 5.41) is 14.9. The second-order valence-corrected chi connectivity index (χ2v) is 5.56. The number of carbonyl (C=O) groups is 1. The maximum atomic E-state index is 10.4. The Labute approximate surface area is 119 Å². The maximum Gasteiger partial charge on any atom is 0.322 e. The van der Waals surface area contributed by atoms with Crippen LogP contribution in [0.25, 0.3) is 10.2 Å². The van der Waals surface area contributed by atoms with Crippen LogP contribution in [0.5, 0.6) is 0 Å². The summed E-state index contributed by atoms with van der Waals surface area (Å²) in [6.07, 6.45) is 0. The lowest BCUT2D eigenvalue weighted by Gasteiger charge is -2.04. The minimum atomic E-state index is -0.959. The molecule has 0 saturated carbocycles. The molecule has 0 bridgehead atoms. The first-order valence-corrected chi connectivity index (χ1v) is 6.82. The van der Waals surface area contributed by atoms with Crippen LogP contribution in [0.15, 0.2) is 12.1 Å². The summed E-state index contributed by atoms with van der Waals surface area (Å²) >= 11 is 6.48. The van der Waals surface area contributed by atoms with Crippen LogP contribution in [0.1, 0.15) is 11.1 Å². The van der Waals surface area contributed by atoms with E-state index < -0.39 is 5.97 Å². The van der Waals surface area contributed by atoms with E-state index in [1.54, 1.807) is 0 Å². The molecule has 100 valence electrons. The highest BCUT2D eigenvalue weighted by atomic mass is 32.1. The second kappa shape index (κ2) is 5.50. The molecule has 19 heavy (non-hydrogen) atoms. The quantitative estimate of drug-likeness (QED) is 0.754. The normalized spacial score (nSPS) is 10.4. The Hall–Kier alpha value is -1.73. The van der Waals surface area contributed by atoms with E-state index in [9.17, 15) is 4.79 Å². The van der Waals surface area contributed by atoms with E-state index in [-0.39, 0.29) is 11.7 Å². The molecule has 0 atom stereocenters. The zero-order chi connectivity index (χ0) is 14.0. The van der Waals surface area contributed by atoms with Gasteiger partial charge in [-0.1, -0.05) is 11.3 Å². The summed E-state index contributed by atoms with van der Waals surface area (Å²) < 4.78 is 1.08. The van der Waals surface area contributed by atoms with Gasteiger partial charge in [-0.2, -0.15) is 0 Å². The van der Waals surface area contributed by atoms with Crippen LogP contribution in [0.2, 0.25) is 0 Å². The Morgan fingerprint density at radius 2 is 2.11 bits per heavy atom. The number of fused-ring (bicyclic) bond motifs is 1. The number of nitrogens with one attached hydrogen (secondary N) is 2. The van der Waals surface area contributed by atoms with E-state index in [1.807, 2.05) is 13.0 Å². The molecular formula is C12H13N3O2S2. The molecule has 2 rings (SSSR count). The molecule has 2 aromatic rings. The van der Waals surface area contributed by atoms with Crippen molar-refractivity contribution in [3.8, 4) is 0 Å². The van der Waals surface area contributed by atoms with E-state index in [2.05, 4.69) is 28.6 Å². The first-order chi connectivity index (χ1) is 8.95. The third-order valence-electron chi connectivity index (χ3n) is 2.62. The fourth-order valence-corrected chi connectivity index (χ4v) is 2.71. The number of aliphatic carboxylic acids is 1. The zero-order valence-electron chi connectivity index (χ0n) is 10.5. The van der Waals surface area contributed by atoms with Gasteiger partial charge in [-0.15, -0.1) is 0 Å². The number of hydrogen-bond donors (Lipinski definition) is 3. The number of thiocarbonyl (C=S) groups is 1. The van der Waals surface area contributed by atoms with Gasteiger partial charge in [0.15, 0.2) is 10.2 Å². The zero-order valence-corrected chi connectivity index (χ0v) is 12.1. The van der Waals surface area contributed by atoms with Crippen molar-refractivity contribution in [3.05, 3.63) is 23.3 Å². The SMILES string of the molecule is Cc1cc2nc(NC(=S)NCC(=O)O)sc2cc1C. The molecular weight excluding hydrogens is 282 g/mol. The molecule has 0 aliphatic heterocycles. The molecule has 3 N–H and O–H groups in total. The largest absolute Gasteiger partial charge is 0.480 e. The van der Waals surface area contributed by atoms with Crippen LogP contribution in [0.4, 0.5) is 5.13 Å². The van der Waals surface area contributed by atoms with Crippen LogP contribution in [0.3, 0.4) is 0 Å². The number of benzene rings is 1. The molecule has 0 aliphatic carbocycles. The number of aryl methyl sites for hydroxylation is 2.